The molecule has 0 bridgehead atoms. The van der Waals surface area contributed by atoms with Gasteiger partial charge in [-0.1, -0.05) is 18.2 Å². The van der Waals surface area contributed by atoms with Crippen LogP contribution in [0.3, 0.4) is 0 Å². The van der Waals surface area contributed by atoms with Crippen molar-refractivity contribution in [2.24, 2.45) is 5.92 Å². The van der Waals surface area contributed by atoms with Gasteiger partial charge in [0.2, 0.25) is 0 Å². The molecule has 0 radical (unpaired) electrons. The normalized spacial score (nSPS) is 27.6. The lowest BCUT2D eigenvalue weighted by Gasteiger charge is -2.37. The molecular weight excluding hydrogens is 416 g/mol. The Balaban J connectivity index is 1.64. The summed E-state index contributed by atoms with van der Waals surface area (Å²) in [6.07, 6.45) is 3.34. The third-order valence-electron chi connectivity index (χ3n) is 6.16. The van der Waals surface area contributed by atoms with Crippen LogP contribution in [0.25, 0.3) is 0 Å². The van der Waals surface area contributed by atoms with E-state index in [9.17, 15) is 9.59 Å². The summed E-state index contributed by atoms with van der Waals surface area (Å²) in [7, 11) is 0. The van der Waals surface area contributed by atoms with Gasteiger partial charge in [0.05, 0.1) is 24.1 Å². The van der Waals surface area contributed by atoms with Crippen molar-refractivity contribution in [2.75, 3.05) is 11.5 Å². The number of nitrogens with zero attached hydrogens (tertiary/aromatic N) is 2. The first-order valence-corrected chi connectivity index (χ1v) is 11.1. The van der Waals surface area contributed by atoms with Gasteiger partial charge >= 0.3 is 0 Å². The van der Waals surface area contributed by atoms with Crippen molar-refractivity contribution >= 4 is 29.1 Å². The van der Waals surface area contributed by atoms with Gasteiger partial charge in [0.25, 0.3) is 5.91 Å². The second kappa shape index (κ2) is 8.00. The van der Waals surface area contributed by atoms with Crippen molar-refractivity contribution in [3.63, 3.8) is 0 Å². The van der Waals surface area contributed by atoms with Crippen molar-refractivity contribution in [3.05, 3.63) is 65.6 Å². The molecule has 7 heteroatoms. The predicted octanol–water partition coefficient (Wildman–Crippen LogP) is 4.20. The van der Waals surface area contributed by atoms with Crippen LogP contribution >= 0.6 is 11.6 Å². The average Bonchev–Trinajstić information content (AvgIpc) is 3.08. The van der Waals surface area contributed by atoms with Crippen molar-refractivity contribution in [1.82, 2.24) is 4.98 Å². The Morgan fingerprint density at radius 3 is 2.84 bits per heavy atom. The Morgan fingerprint density at radius 2 is 2.06 bits per heavy atom. The van der Waals surface area contributed by atoms with Crippen molar-refractivity contribution in [1.29, 1.82) is 0 Å². The second-order valence-corrected chi connectivity index (χ2v) is 8.67. The maximum absolute atomic E-state index is 13.7. The van der Waals surface area contributed by atoms with E-state index in [0.717, 1.165) is 12.0 Å². The fourth-order valence-electron chi connectivity index (χ4n) is 4.80. The zero-order chi connectivity index (χ0) is 21.5. The predicted molar refractivity (Wildman–Crippen MR) is 116 cm³/mol. The molecule has 1 saturated carbocycles. The number of fused-ring (bicyclic) bond motifs is 1. The number of hydrogen-bond acceptors (Lipinski definition) is 5. The molecular formula is C24H23ClN2O4. The smallest absolute Gasteiger partial charge is 0.295 e. The number of pyridine rings is 1. The minimum atomic E-state index is -0.623. The van der Waals surface area contributed by atoms with Gasteiger partial charge in [0.1, 0.15) is 17.7 Å². The Hall–Kier alpha value is -2.86. The number of rotatable bonds is 4. The molecule has 1 amide bonds. The van der Waals surface area contributed by atoms with Crippen LogP contribution < -0.4 is 9.64 Å². The molecule has 1 aromatic heterocycles. The third kappa shape index (κ3) is 3.39. The van der Waals surface area contributed by atoms with E-state index in [0.29, 0.717) is 36.6 Å². The first-order valence-electron chi connectivity index (χ1n) is 10.6. The molecule has 6 nitrogen and oxygen atoms in total. The molecule has 3 heterocycles. The number of alkyl halides is 1. The highest BCUT2D eigenvalue weighted by molar-refractivity contribution is 6.21. The van der Waals surface area contributed by atoms with Crippen LogP contribution in [-0.2, 0) is 14.3 Å². The number of ketones is 1. The fraction of sp³-hybridized carbons (Fsp3) is 0.375. The van der Waals surface area contributed by atoms with Crippen LogP contribution in [0.15, 0.2) is 60.0 Å². The van der Waals surface area contributed by atoms with Gasteiger partial charge in [-0.3, -0.25) is 14.5 Å². The number of Topliss-reactive ketones (excluding diaryl/α,β-unsaturated/α-hetero) is 1. The monoisotopic (exact) mass is 438 g/mol. The molecule has 0 saturated heterocycles. The third-order valence-corrected chi connectivity index (χ3v) is 6.56. The highest BCUT2D eigenvalue weighted by Crippen LogP contribution is 2.48. The average molecular weight is 439 g/mol. The van der Waals surface area contributed by atoms with Crippen LogP contribution in [0.1, 0.15) is 37.8 Å². The molecule has 5 rings (SSSR count). The molecule has 1 aliphatic carbocycles. The van der Waals surface area contributed by atoms with Gasteiger partial charge in [-0.25, -0.2) is 4.98 Å². The molecule has 2 aliphatic heterocycles. The summed E-state index contributed by atoms with van der Waals surface area (Å²) in [5.41, 5.74) is 1.18. The Morgan fingerprint density at radius 1 is 1.19 bits per heavy atom. The van der Waals surface area contributed by atoms with Crippen LogP contribution in [-0.4, -0.2) is 34.8 Å². The number of aromatic nitrogens is 1. The zero-order valence-corrected chi connectivity index (χ0v) is 17.9. The summed E-state index contributed by atoms with van der Waals surface area (Å²) in [5.74, 6) is 0.600. The van der Waals surface area contributed by atoms with E-state index in [1.54, 1.807) is 23.2 Å². The maximum Gasteiger partial charge on any atom is 0.295 e. The summed E-state index contributed by atoms with van der Waals surface area (Å²) in [5, 5.41) is -0.0559. The minimum Gasteiger partial charge on any atom is -0.494 e. The van der Waals surface area contributed by atoms with Crippen LogP contribution in [0, 0.1) is 5.92 Å². The maximum atomic E-state index is 13.7. The molecule has 2 aromatic rings. The fourth-order valence-corrected chi connectivity index (χ4v) is 5.12. The first-order chi connectivity index (χ1) is 15.1. The van der Waals surface area contributed by atoms with E-state index in [1.165, 1.54) is 0 Å². The quantitative estimate of drug-likeness (QED) is 0.669. The molecule has 4 atom stereocenters. The number of halogens is 1. The van der Waals surface area contributed by atoms with Gasteiger partial charge in [-0.15, -0.1) is 11.6 Å². The van der Waals surface area contributed by atoms with E-state index in [-0.39, 0.29) is 34.8 Å². The SMILES string of the molecule is CCOc1cccc(C2C3=C(OC4CCC(Cl)CC4C3=O)C(=O)N2c2ccccn2)c1. The van der Waals surface area contributed by atoms with Crippen LogP contribution in [0.5, 0.6) is 5.75 Å². The van der Waals surface area contributed by atoms with Gasteiger partial charge in [0.15, 0.2) is 11.5 Å². The number of carbonyl (C=O) groups excluding carboxylic acids is 2. The van der Waals surface area contributed by atoms with Gasteiger partial charge in [-0.05, 0) is 56.0 Å². The van der Waals surface area contributed by atoms with Crippen LogP contribution in [0.2, 0.25) is 0 Å². The van der Waals surface area contributed by atoms with Crippen LogP contribution in [0.4, 0.5) is 5.82 Å². The number of carbonyl (C=O) groups is 2. The second-order valence-electron chi connectivity index (χ2n) is 8.05. The largest absolute Gasteiger partial charge is 0.494 e. The Kier molecular flexibility index (Phi) is 5.18. The van der Waals surface area contributed by atoms with Gasteiger partial charge in [-0.2, -0.15) is 0 Å². The lowest BCUT2D eigenvalue weighted by atomic mass is 9.77. The van der Waals surface area contributed by atoms with Crippen molar-refractivity contribution < 1.29 is 19.1 Å². The van der Waals surface area contributed by atoms with E-state index < -0.39 is 6.04 Å². The minimum absolute atomic E-state index is 0.0461. The van der Waals surface area contributed by atoms with E-state index in [1.807, 2.05) is 37.3 Å². The van der Waals surface area contributed by atoms with Gasteiger partial charge in [0, 0.05) is 11.6 Å². The molecule has 4 unspecified atom stereocenters. The molecule has 1 fully saturated rings. The Labute approximate surface area is 185 Å². The Bertz CT molecular complexity index is 1050. The highest BCUT2D eigenvalue weighted by atomic mass is 35.5. The summed E-state index contributed by atoms with van der Waals surface area (Å²) < 4.78 is 11.8. The zero-order valence-electron chi connectivity index (χ0n) is 17.2. The molecule has 160 valence electrons. The molecule has 1 aromatic carbocycles. The number of amides is 1. The van der Waals surface area contributed by atoms with E-state index in [2.05, 4.69) is 4.98 Å². The van der Waals surface area contributed by atoms with Crippen molar-refractivity contribution in [2.45, 2.75) is 43.7 Å². The van der Waals surface area contributed by atoms with Gasteiger partial charge < -0.3 is 9.47 Å². The van der Waals surface area contributed by atoms with Crippen molar-refractivity contribution in [3.8, 4) is 5.75 Å². The van der Waals surface area contributed by atoms with E-state index >= 15 is 0 Å². The number of ether oxygens (including phenoxy) is 2. The first kappa shape index (κ1) is 20.1. The van der Waals surface area contributed by atoms with E-state index in [4.69, 9.17) is 21.1 Å². The lowest BCUT2D eigenvalue weighted by Crippen LogP contribution is -2.41. The molecule has 3 aliphatic rings. The summed E-state index contributed by atoms with van der Waals surface area (Å²) in [6.45, 7) is 2.44. The number of benzene rings is 1. The summed E-state index contributed by atoms with van der Waals surface area (Å²) in [6, 6.07) is 12.3. The molecule has 0 spiro atoms. The topological polar surface area (TPSA) is 68.7 Å². The molecule has 0 N–H and O–H groups in total. The standard InChI is InChI=1S/C24H23ClN2O4/c1-2-30-16-7-5-6-14(12-16)21-20-22(28)17-13-15(25)9-10-18(17)31-23(20)24(29)27(21)19-8-3-4-11-26-19/h3-8,11-12,15,17-18,21H,2,9-10,13H2,1H3. The molecule has 31 heavy (non-hydrogen) atoms. The lowest BCUT2D eigenvalue weighted by molar-refractivity contribution is -0.131. The summed E-state index contributed by atoms with van der Waals surface area (Å²) in [4.78, 5) is 33.1. The highest BCUT2D eigenvalue weighted by Gasteiger charge is 2.53. The summed E-state index contributed by atoms with van der Waals surface area (Å²) >= 11 is 6.38. The number of anilines is 1. The number of hydrogen-bond donors (Lipinski definition) is 0.